The molecule has 0 radical (unpaired) electrons. The molecule has 1 aliphatic heterocycles. The maximum atomic E-state index is 12.7. The highest BCUT2D eigenvalue weighted by atomic mass is 16.6. The van der Waals surface area contributed by atoms with E-state index < -0.39 is 10.8 Å². The molecule has 0 aromatic heterocycles. The first kappa shape index (κ1) is 11.9. The number of fused-ring (bicyclic) bond motifs is 1. The minimum atomic E-state index is -0.812. The third-order valence-electron chi connectivity index (χ3n) is 5.49. The van der Waals surface area contributed by atoms with Gasteiger partial charge in [0.25, 0.3) is 0 Å². The second-order valence-electron chi connectivity index (χ2n) is 6.15. The number of ether oxygens (including phenoxy) is 1. The molecule has 1 saturated heterocycles. The molecule has 0 amide bonds. The van der Waals surface area contributed by atoms with Crippen LogP contribution in [0.3, 0.4) is 0 Å². The maximum absolute atomic E-state index is 12.7. The van der Waals surface area contributed by atoms with E-state index in [2.05, 4.69) is 12.1 Å². The first-order chi connectivity index (χ1) is 9.63. The van der Waals surface area contributed by atoms with Crippen molar-refractivity contribution in [1.29, 1.82) is 0 Å². The molecule has 2 aliphatic carbocycles. The molecule has 20 heavy (non-hydrogen) atoms. The predicted octanol–water partition coefficient (Wildman–Crippen LogP) is 2.54. The molecule has 3 heteroatoms. The minimum Gasteiger partial charge on any atom is -0.392 e. The zero-order valence-corrected chi connectivity index (χ0v) is 11.4. The van der Waals surface area contributed by atoms with Crippen LogP contribution >= 0.6 is 0 Å². The molecule has 3 aliphatic rings. The van der Waals surface area contributed by atoms with Crippen LogP contribution in [-0.4, -0.2) is 11.9 Å². The van der Waals surface area contributed by atoms with Gasteiger partial charge in [-0.2, -0.15) is 0 Å². The first-order valence-corrected chi connectivity index (χ1v) is 7.15. The Morgan fingerprint density at radius 2 is 2.00 bits per heavy atom. The van der Waals surface area contributed by atoms with Crippen molar-refractivity contribution in [2.45, 2.75) is 31.6 Å². The number of carbonyl (C=O) groups is 2. The van der Waals surface area contributed by atoms with Gasteiger partial charge in [0.1, 0.15) is 5.41 Å². The van der Waals surface area contributed by atoms with E-state index in [1.807, 2.05) is 31.2 Å². The third kappa shape index (κ3) is 1.05. The van der Waals surface area contributed by atoms with Crippen LogP contribution in [0.1, 0.15) is 30.9 Å². The number of aryl methyl sites for hydroxylation is 1. The van der Waals surface area contributed by atoms with Crippen molar-refractivity contribution in [1.82, 2.24) is 0 Å². The Balaban J connectivity index is 2.10. The lowest BCUT2D eigenvalue weighted by atomic mass is 9.48. The summed E-state index contributed by atoms with van der Waals surface area (Å²) in [7, 11) is 0. The van der Waals surface area contributed by atoms with E-state index in [-0.39, 0.29) is 17.9 Å². The van der Waals surface area contributed by atoms with Crippen LogP contribution in [0, 0.1) is 11.3 Å². The van der Waals surface area contributed by atoms with E-state index in [9.17, 15) is 9.59 Å². The second-order valence-corrected chi connectivity index (χ2v) is 6.15. The van der Waals surface area contributed by atoms with E-state index in [1.54, 1.807) is 0 Å². The van der Waals surface area contributed by atoms with Gasteiger partial charge in [-0.15, -0.1) is 0 Å². The van der Waals surface area contributed by atoms with Gasteiger partial charge in [-0.05, 0) is 36.3 Å². The van der Waals surface area contributed by atoms with Crippen molar-refractivity contribution in [2.75, 3.05) is 0 Å². The Kier molecular flexibility index (Phi) is 2.14. The molecule has 1 heterocycles. The zero-order valence-electron chi connectivity index (χ0n) is 11.4. The molecular formula is C17H16O3. The van der Waals surface area contributed by atoms with Crippen LogP contribution in [0.25, 0.3) is 0 Å². The summed E-state index contributed by atoms with van der Waals surface area (Å²) in [5, 5.41) is 0. The number of rotatable bonds is 0. The highest BCUT2D eigenvalue weighted by Gasteiger charge is 2.72. The molecule has 0 spiro atoms. The Morgan fingerprint density at radius 3 is 2.85 bits per heavy atom. The van der Waals surface area contributed by atoms with Gasteiger partial charge in [0.15, 0.2) is 0 Å². The molecule has 0 unspecified atom stereocenters. The summed E-state index contributed by atoms with van der Waals surface area (Å²) in [6.45, 7) is 2.02. The van der Waals surface area contributed by atoms with Crippen LogP contribution < -0.4 is 0 Å². The van der Waals surface area contributed by atoms with E-state index in [0.29, 0.717) is 12.8 Å². The molecule has 0 bridgehead atoms. The summed E-state index contributed by atoms with van der Waals surface area (Å²) < 4.78 is 5.15. The number of esters is 2. The van der Waals surface area contributed by atoms with Crippen molar-refractivity contribution in [3.63, 3.8) is 0 Å². The van der Waals surface area contributed by atoms with Crippen LogP contribution in [0.15, 0.2) is 36.4 Å². The van der Waals surface area contributed by atoms with Crippen LogP contribution in [0.4, 0.5) is 0 Å². The fourth-order valence-corrected chi connectivity index (χ4v) is 4.59. The van der Waals surface area contributed by atoms with E-state index in [1.165, 1.54) is 5.56 Å². The Hall–Kier alpha value is -1.90. The number of cyclic esters (lactones) is 2. The summed E-state index contributed by atoms with van der Waals surface area (Å²) in [6, 6.07) is 8.01. The van der Waals surface area contributed by atoms with Gasteiger partial charge in [0.2, 0.25) is 0 Å². The fraction of sp³-hybridized carbons (Fsp3) is 0.412. The summed E-state index contributed by atoms with van der Waals surface area (Å²) in [5.74, 6) is -0.698. The molecule has 1 aromatic rings. The average Bonchev–Trinajstić information content (AvgIpc) is 2.69. The molecule has 102 valence electrons. The number of hydrogen-bond donors (Lipinski definition) is 0. The summed E-state index contributed by atoms with van der Waals surface area (Å²) in [6.07, 6.45) is 6.23. The molecule has 4 rings (SSSR count). The standard InChI is InChI=1S/C17H16O3/c1-11-5-4-9-16-10-8-12-6-2-3-7-13(12)17(11,16)15(19)20-14(16)18/h2-7,11H,8-10H2,1H3/t11-,16+,17+/m0/s1. The minimum absolute atomic E-state index is 0.0170. The highest BCUT2D eigenvalue weighted by molar-refractivity contribution is 6.06. The summed E-state index contributed by atoms with van der Waals surface area (Å²) in [4.78, 5) is 25.1. The van der Waals surface area contributed by atoms with Gasteiger partial charge < -0.3 is 4.74 Å². The topological polar surface area (TPSA) is 43.4 Å². The number of hydrogen-bond acceptors (Lipinski definition) is 3. The molecule has 1 fully saturated rings. The van der Waals surface area contributed by atoms with Gasteiger partial charge in [-0.25, -0.2) is 0 Å². The Labute approximate surface area is 117 Å². The predicted molar refractivity (Wildman–Crippen MR) is 72.9 cm³/mol. The Bertz CT molecular complexity index is 660. The molecule has 3 atom stereocenters. The first-order valence-electron chi connectivity index (χ1n) is 7.15. The second kappa shape index (κ2) is 3.60. The van der Waals surface area contributed by atoms with Gasteiger partial charge in [-0.1, -0.05) is 43.3 Å². The molecular weight excluding hydrogens is 252 g/mol. The van der Waals surface area contributed by atoms with E-state index in [0.717, 1.165) is 12.0 Å². The van der Waals surface area contributed by atoms with Crippen LogP contribution in [-0.2, 0) is 26.2 Å². The van der Waals surface area contributed by atoms with Gasteiger partial charge in [-0.3, -0.25) is 9.59 Å². The van der Waals surface area contributed by atoms with Crippen LogP contribution in [0.5, 0.6) is 0 Å². The number of carbonyl (C=O) groups excluding carboxylic acids is 2. The van der Waals surface area contributed by atoms with Crippen molar-refractivity contribution in [3.05, 3.63) is 47.5 Å². The van der Waals surface area contributed by atoms with Crippen molar-refractivity contribution in [2.24, 2.45) is 11.3 Å². The largest absolute Gasteiger partial charge is 0.392 e. The van der Waals surface area contributed by atoms with Gasteiger partial charge in [0, 0.05) is 0 Å². The fourth-order valence-electron chi connectivity index (χ4n) is 4.59. The third-order valence-corrected chi connectivity index (χ3v) is 5.49. The quantitative estimate of drug-likeness (QED) is 0.412. The van der Waals surface area contributed by atoms with Crippen molar-refractivity contribution < 1.29 is 14.3 Å². The summed E-state index contributed by atoms with van der Waals surface area (Å²) >= 11 is 0. The average molecular weight is 268 g/mol. The SMILES string of the molecule is C[C@H]1C=CC[C@]23CCc4ccccc4[C@@]12C(=O)OC3=O. The lowest BCUT2D eigenvalue weighted by molar-refractivity contribution is -0.155. The molecule has 3 nitrogen and oxygen atoms in total. The van der Waals surface area contributed by atoms with Crippen LogP contribution in [0.2, 0.25) is 0 Å². The molecule has 0 saturated carbocycles. The number of allylic oxidation sites excluding steroid dienone is 2. The highest BCUT2D eigenvalue weighted by Crippen LogP contribution is 2.62. The monoisotopic (exact) mass is 268 g/mol. The van der Waals surface area contributed by atoms with E-state index in [4.69, 9.17) is 4.74 Å². The Morgan fingerprint density at radius 1 is 1.20 bits per heavy atom. The maximum Gasteiger partial charge on any atom is 0.326 e. The normalized spacial score (nSPS) is 38.0. The molecule has 1 aromatic carbocycles. The lowest BCUT2D eigenvalue weighted by Crippen LogP contribution is -2.56. The lowest BCUT2D eigenvalue weighted by Gasteiger charge is -2.49. The van der Waals surface area contributed by atoms with Crippen molar-refractivity contribution in [3.8, 4) is 0 Å². The zero-order chi connectivity index (χ0) is 14.0. The van der Waals surface area contributed by atoms with Crippen molar-refractivity contribution >= 4 is 11.9 Å². The van der Waals surface area contributed by atoms with E-state index >= 15 is 0 Å². The van der Waals surface area contributed by atoms with Gasteiger partial charge in [0.05, 0.1) is 5.41 Å². The number of benzene rings is 1. The van der Waals surface area contributed by atoms with Gasteiger partial charge >= 0.3 is 11.9 Å². The smallest absolute Gasteiger partial charge is 0.326 e. The molecule has 0 N–H and O–H groups in total. The summed E-state index contributed by atoms with van der Waals surface area (Å²) in [5.41, 5.74) is 0.677.